The van der Waals surface area contributed by atoms with Crippen molar-refractivity contribution in [1.29, 1.82) is 0 Å². The topological polar surface area (TPSA) is 26.0 Å². The first-order valence-electron chi connectivity index (χ1n) is 4.84. The van der Waals surface area contributed by atoms with E-state index >= 15 is 0 Å². The van der Waals surface area contributed by atoms with E-state index in [1.54, 1.807) is 0 Å². The summed E-state index contributed by atoms with van der Waals surface area (Å²) in [4.78, 5) is 0. The van der Waals surface area contributed by atoms with Crippen LogP contribution < -0.4 is 5.73 Å². The molecule has 0 spiro atoms. The fourth-order valence-corrected chi connectivity index (χ4v) is 1.97. The molecule has 2 N–H and O–H groups in total. The summed E-state index contributed by atoms with van der Waals surface area (Å²) in [6.45, 7) is 5.66. The zero-order chi connectivity index (χ0) is 8.32. The van der Waals surface area contributed by atoms with Gasteiger partial charge in [-0.3, -0.25) is 0 Å². The Bertz CT molecular complexity index is 123. The average molecular weight is 192 g/mol. The fraction of sp³-hybridized carbons (Fsp3) is 1.00. The predicted molar refractivity (Wildman–Crippen MR) is 56.7 cm³/mol. The molecule has 1 saturated carbocycles. The van der Waals surface area contributed by atoms with Crippen molar-refractivity contribution in [2.75, 3.05) is 6.54 Å². The van der Waals surface area contributed by atoms with Gasteiger partial charge in [-0.2, -0.15) is 0 Å². The van der Waals surface area contributed by atoms with E-state index in [2.05, 4.69) is 13.8 Å². The summed E-state index contributed by atoms with van der Waals surface area (Å²) in [5, 5.41) is 0. The lowest BCUT2D eigenvalue weighted by Gasteiger charge is -2.21. The molecule has 0 aromatic carbocycles. The van der Waals surface area contributed by atoms with Gasteiger partial charge in [0, 0.05) is 0 Å². The molecule has 0 bridgehead atoms. The van der Waals surface area contributed by atoms with E-state index in [-0.39, 0.29) is 12.4 Å². The van der Waals surface area contributed by atoms with Crippen molar-refractivity contribution in [2.24, 2.45) is 17.1 Å². The summed E-state index contributed by atoms with van der Waals surface area (Å²) in [6, 6.07) is 0. The van der Waals surface area contributed by atoms with Crippen molar-refractivity contribution >= 4 is 12.4 Å². The van der Waals surface area contributed by atoms with Gasteiger partial charge >= 0.3 is 0 Å². The lowest BCUT2D eigenvalue weighted by atomic mass is 9.85. The van der Waals surface area contributed by atoms with Crippen LogP contribution in [0.3, 0.4) is 0 Å². The van der Waals surface area contributed by atoms with Gasteiger partial charge in [0.25, 0.3) is 0 Å². The molecule has 0 aromatic heterocycles. The second-order valence-electron chi connectivity index (χ2n) is 4.70. The highest BCUT2D eigenvalue weighted by atomic mass is 35.5. The van der Waals surface area contributed by atoms with E-state index < -0.39 is 0 Å². The fourth-order valence-electron chi connectivity index (χ4n) is 1.97. The molecule has 1 unspecified atom stereocenters. The van der Waals surface area contributed by atoms with Gasteiger partial charge in [-0.25, -0.2) is 0 Å². The van der Waals surface area contributed by atoms with E-state index in [1.165, 1.54) is 32.1 Å². The van der Waals surface area contributed by atoms with Crippen molar-refractivity contribution in [3.8, 4) is 0 Å². The van der Waals surface area contributed by atoms with E-state index in [9.17, 15) is 0 Å². The standard InChI is InChI=1S/C10H21N.ClH/c1-10(2)6-3-4-9(8-11)5-7-10;/h9H,3-8,11H2,1-2H3;1H. The Labute approximate surface area is 82.5 Å². The van der Waals surface area contributed by atoms with Crippen LogP contribution in [0.2, 0.25) is 0 Å². The second-order valence-corrected chi connectivity index (χ2v) is 4.70. The zero-order valence-electron chi connectivity index (χ0n) is 8.31. The molecule has 0 heterocycles. The number of nitrogens with two attached hydrogens (primary N) is 1. The molecule has 1 rings (SSSR count). The van der Waals surface area contributed by atoms with Crippen LogP contribution in [-0.2, 0) is 0 Å². The van der Waals surface area contributed by atoms with Gasteiger partial charge in [0.15, 0.2) is 0 Å². The highest BCUT2D eigenvalue weighted by Crippen LogP contribution is 2.35. The quantitative estimate of drug-likeness (QED) is 0.634. The lowest BCUT2D eigenvalue weighted by Crippen LogP contribution is -2.14. The Hall–Kier alpha value is 0.250. The molecule has 1 fully saturated rings. The van der Waals surface area contributed by atoms with Crippen molar-refractivity contribution in [3.63, 3.8) is 0 Å². The first-order chi connectivity index (χ1) is 5.14. The maximum absolute atomic E-state index is 5.66. The summed E-state index contributed by atoms with van der Waals surface area (Å²) >= 11 is 0. The monoisotopic (exact) mass is 191 g/mol. The van der Waals surface area contributed by atoms with Gasteiger partial charge in [0.2, 0.25) is 0 Å². The normalized spacial score (nSPS) is 28.8. The van der Waals surface area contributed by atoms with Crippen LogP contribution in [0.25, 0.3) is 0 Å². The number of hydrogen-bond acceptors (Lipinski definition) is 1. The molecule has 1 aliphatic rings. The maximum Gasteiger partial charge on any atom is -0.00489 e. The molecule has 0 aromatic rings. The van der Waals surface area contributed by atoms with Gasteiger partial charge in [0.1, 0.15) is 0 Å². The molecule has 0 saturated heterocycles. The van der Waals surface area contributed by atoms with E-state index in [0.717, 1.165) is 12.5 Å². The lowest BCUT2D eigenvalue weighted by molar-refractivity contribution is 0.308. The number of halogens is 1. The minimum Gasteiger partial charge on any atom is -0.330 e. The Morgan fingerprint density at radius 1 is 1.25 bits per heavy atom. The average Bonchev–Trinajstić information content (AvgIpc) is 2.10. The van der Waals surface area contributed by atoms with Crippen LogP contribution in [0.15, 0.2) is 0 Å². The molecule has 12 heavy (non-hydrogen) atoms. The van der Waals surface area contributed by atoms with Gasteiger partial charge in [-0.05, 0) is 43.6 Å². The molecular formula is C10H22ClN. The number of rotatable bonds is 1. The molecule has 2 heteroatoms. The summed E-state index contributed by atoms with van der Waals surface area (Å²) in [5.74, 6) is 0.816. The van der Waals surface area contributed by atoms with Gasteiger partial charge in [0.05, 0.1) is 0 Å². The van der Waals surface area contributed by atoms with E-state index in [0.29, 0.717) is 5.41 Å². The van der Waals surface area contributed by atoms with Gasteiger partial charge in [-0.15, -0.1) is 12.4 Å². The Morgan fingerprint density at radius 3 is 2.50 bits per heavy atom. The summed E-state index contributed by atoms with van der Waals surface area (Å²) in [6.07, 6.45) is 6.86. The van der Waals surface area contributed by atoms with Crippen molar-refractivity contribution < 1.29 is 0 Å². The zero-order valence-corrected chi connectivity index (χ0v) is 9.12. The molecule has 0 aliphatic heterocycles. The Kier molecular flexibility index (Phi) is 5.19. The van der Waals surface area contributed by atoms with Crippen LogP contribution in [0.4, 0.5) is 0 Å². The van der Waals surface area contributed by atoms with Crippen LogP contribution >= 0.6 is 12.4 Å². The highest BCUT2D eigenvalue weighted by Gasteiger charge is 2.23. The summed E-state index contributed by atoms with van der Waals surface area (Å²) in [5.41, 5.74) is 6.25. The number of hydrogen-bond donors (Lipinski definition) is 1. The van der Waals surface area contributed by atoms with Crippen LogP contribution in [0, 0.1) is 11.3 Å². The summed E-state index contributed by atoms with van der Waals surface area (Å²) < 4.78 is 0. The Morgan fingerprint density at radius 2 is 1.92 bits per heavy atom. The van der Waals surface area contributed by atoms with Gasteiger partial charge in [-0.1, -0.05) is 20.3 Å². The molecule has 1 aliphatic carbocycles. The first kappa shape index (κ1) is 12.2. The second kappa shape index (κ2) is 5.08. The third kappa shape index (κ3) is 3.77. The Balaban J connectivity index is 0.00000121. The molecular weight excluding hydrogens is 170 g/mol. The third-order valence-electron chi connectivity index (χ3n) is 3.03. The predicted octanol–water partition coefficient (Wildman–Crippen LogP) is 2.97. The molecule has 1 nitrogen and oxygen atoms in total. The van der Waals surface area contributed by atoms with Crippen LogP contribution in [0.1, 0.15) is 46.0 Å². The highest BCUT2D eigenvalue weighted by molar-refractivity contribution is 5.85. The minimum atomic E-state index is 0. The smallest absolute Gasteiger partial charge is 0.00489 e. The third-order valence-corrected chi connectivity index (χ3v) is 3.03. The first-order valence-corrected chi connectivity index (χ1v) is 4.84. The van der Waals surface area contributed by atoms with Crippen molar-refractivity contribution in [1.82, 2.24) is 0 Å². The molecule has 0 amide bonds. The van der Waals surface area contributed by atoms with Crippen molar-refractivity contribution in [3.05, 3.63) is 0 Å². The van der Waals surface area contributed by atoms with E-state index in [1.807, 2.05) is 0 Å². The SMILES string of the molecule is CC1(C)CCCC(CN)CC1.Cl. The van der Waals surface area contributed by atoms with E-state index in [4.69, 9.17) is 5.73 Å². The molecule has 0 radical (unpaired) electrons. The summed E-state index contributed by atoms with van der Waals surface area (Å²) in [7, 11) is 0. The maximum atomic E-state index is 5.66. The molecule has 74 valence electrons. The van der Waals surface area contributed by atoms with Gasteiger partial charge < -0.3 is 5.73 Å². The van der Waals surface area contributed by atoms with Crippen LogP contribution in [-0.4, -0.2) is 6.54 Å². The molecule has 1 atom stereocenters. The van der Waals surface area contributed by atoms with Crippen molar-refractivity contribution in [2.45, 2.75) is 46.0 Å². The minimum absolute atomic E-state index is 0. The largest absolute Gasteiger partial charge is 0.330 e. The van der Waals surface area contributed by atoms with Crippen LogP contribution in [0.5, 0.6) is 0 Å².